The van der Waals surface area contributed by atoms with Gasteiger partial charge in [0.15, 0.2) is 0 Å². The van der Waals surface area contributed by atoms with Gasteiger partial charge in [-0.1, -0.05) is 24.3 Å². The normalized spacial score (nSPS) is 9.96. The SMILES string of the molecule is COc1ccc(CC(=O)NCc2ccc(NC(N)=O)cc2)cc1. The van der Waals surface area contributed by atoms with E-state index in [1.54, 1.807) is 19.2 Å². The van der Waals surface area contributed by atoms with Gasteiger partial charge in [0.25, 0.3) is 0 Å². The molecule has 4 N–H and O–H groups in total. The number of carbonyl (C=O) groups excluding carboxylic acids is 2. The topological polar surface area (TPSA) is 93.4 Å². The number of urea groups is 1. The van der Waals surface area contributed by atoms with Crippen LogP contribution in [0.5, 0.6) is 5.75 Å². The molecule has 0 saturated carbocycles. The number of benzene rings is 2. The van der Waals surface area contributed by atoms with Crippen LogP contribution < -0.4 is 21.1 Å². The minimum absolute atomic E-state index is 0.0606. The second kappa shape index (κ2) is 7.84. The van der Waals surface area contributed by atoms with E-state index in [1.165, 1.54) is 0 Å². The van der Waals surface area contributed by atoms with E-state index in [0.717, 1.165) is 16.9 Å². The Hall–Kier alpha value is -3.02. The molecule has 3 amide bonds. The zero-order valence-corrected chi connectivity index (χ0v) is 12.8. The fourth-order valence-corrected chi connectivity index (χ4v) is 2.04. The van der Waals surface area contributed by atoms with Crippen molar-refractivity contribution in [1.29, 1.82) is 0 Å². The smallest absolute Gasteiger partial charge is 0.316 e. The van der Waals surface area contributed by atoms with E-state index in [-0.39, 0.29) is 5.91 Å². The van der Waals surface area contributed by atoms with Gasteiger partial charge in [-0.05, 0) is 35.4 Å². The van der Waals surface area contributed by atoms with Crippen LogP contribution in [0.25, 0.3) is 0 Å². The lowest BCUT2D eigenvalue weighted by atomic mass is 10.1. The second-order valence-electron chi connectivity index (χ2n) is 4.99. The molecule has 0 spiro atoms. The largest absolute Gasteiger partial charge is 0.497 e. The molecule has 0 aliphatic carbocycles. The van der Waals surface area contributed by atoms with Gasteiger partial charge in [-0.15, -0.1) is 0 Å². The van der Waals surface area contributed by atoms with Crippen LogP contribution in [0.1, 0.15) is 11.1 Å². The molecule has 0 radical (unpaired) electrons. The average molecular weight is 313 g/mol. The number of nitrogens with two attached hydrogens (primary N) is 1. The third kappa shape index (κ3) is 5.35. The highest BCUT2D eigenvalue weighted by Crippen LogP contribution is 2.12. The van der Waals surface area contributed by atoms with Crippen molar-refractivity contribution in [2.75, 3.05) is 12.4 Å². The van der Waals surface area contributed by atoms with Gasteiger partial charge in [-0.25, -0.2) is 4.79 Å². The standard InChI is InChI=1S/C17H19N3O3/c1-23-15-8-4-12(5-9-15)10-16(21)19-11-13-2-6-14(7-3-13)20-17(18)22/h2-9H,10-11H2,1H3,(H,19,21)(H3,18,20,22). The van der Waals surface area contributed by atoms with Gasteiger partial charge in [0.1, 0.15) is 5.75 Å². The first-order valence-corrected chi connectivity index (χ1v) is 7.12. The average Bonchev–Trinajstić information content (AvgIpc) is 2.54. The zero-order valence-electron chi connectivity index (χ0n) is 12.8. The molecule has 2 rings (SSSR count). The summed E-state index contributed by atoms with van der Waals surface area (Å²) in [5.41, 5.74) is 7.51. The van der Waals surface area contributed by atoms with Crippen LogP contribution in [0.15, 0.2) is 48.5 Å². The Kier molecular flexibility index (Phi) is 5.57. The fraction of sp³-hybridized carbons (Fsp3) is 0.176. The number of methoxy groups -OCH3 is 1. The highest BCUT2D eigenvalue weighted by Gasteiger charge is 2.04. The van der Waals surface area contributed by atoms with Crippen LogP contribution in [0.4, 0.5) is 10.5 Å². The predicted octanol–water partition coefficient (Wildman–Crippen LogP) is 2.04. The summed E-state index contributed by atoms with van der Waals surface area (Å²) < 4.78 is 5.08. The Labute approximate surface area is 134 Å². The van der Waals surface area contributed by atoms with Gasteiger partial charge < -0.3 is 21.1 Å². The first kappa shape index (κ1) is 16.4. The number of carbonyl (C=O) groups is 2. The minimum atomic E-state index is -0.606. The molecule has 0 bridgehead atoms. The predicted molar refractivity (Wildman–Crippen MR) is 88.2 cm³/mol. The zero-order chi connectivity index (χ0) is 16.7. The summed E-state index contributed by atoms with van der Waals surface area (Å²) in [6.07, 6.45) is 0.311. The van der Waals surface area contributed by atoms with Gasteiger partial charge in [0.2, 0.25) is 5.91 Å². The third-order valence-electron chi connectivity index (χ3n) is 3.23. The molecule has 0 aliphatic rings. The number of nitrogens with one attached hydrogen (secondary N) is 2. The highest BCUT2D eigenvalue weighted by atomic mass is 16.5. The van der Waals surface area contributed by atoms with Crippen LogP contribution in [-0.4, -0.2) is 19.0 Å². The van der Waals surface area contributed by atoms with Gasteiger partial charge in [-0.3, -0.25) is 4.79 Å². The summed E-state index contributed by atoms with van der Waals surface area (Å²) in [7, 11) is 1.60. The molecule has 120 valence electrons. The van der Waals surface area contributed by atoms with Crippen molar-refractivity contribution in [2.24, 2.45) is 5.73 Å². The Morgan fingerprint density at radius 1 is 1.00 bits per heavy atom. The molecule has 6 heteroatoms. The van der Waals surface area contributed by atoms with Gasteiger partial charge in [0, 0.05) is 12.2 Å². The van der Waals surface area contributed by atoms with Crippen LogP contribution in [0, 0.1) is 0 Å². The van der Waals surface area contributed by atoms with Crippen molar-refractivity contribution in [3.05, 3.63) is 59.7 Å². The molecule has 23 heavy (non-hydrogen) atoms. The van der Waals surface area contributed by atoms with Crippen molar-refractivity contribution in [3.8, 4) is 5.75 Å². The lowest BCUT2D eigenvalue weighted by molar-refractivity contribution is -0.120. The van der Waals surface area contributed by atoms with Gasteiger partial charge >= 0.3 is 6.03 Å². The number of hydrogen-bond acceptors (Lipinski definition) is 3. The van der Waals surface area contributed by atoms with Gasteiger partial charge in [0.05, 0.1) is 13.5 Å². The molecule has 0 aromatic heterocycles. The highest BCUT2D eigenvalue weighted by molar-refractivity contribution is 5.87. The maximum atomic E-state index is 11.9. The Bertz CT molecular complexity index is 666. The Morgan fingerprint density at radius 2 is 1.61 bits per heavy atom. The molecule has 2 aromatic rings. The van der Waals surface area contributed by atoms with E-state index in [4.69, 9.17) is 10.5 Å². The van der Waals surface area contributed by atoms with Crippen LogP contribution in [-0.2, 0) is 17.8 Å². The van der Waals surface area contributed by atoms with E-state index in [9.17, 15) is 9.59 Å². The summed E-state index contributed by atoms with van der Waals surface area (Å²) in [6.45, 7) is 0.422. The second-order valence-corrected chi connectivity index (χ2v) is 4.99. The molecule has 0 aliphatic heterocycles. The maximum absolute atomic E-state index is 11.9. The fourth-order valence-electron chi connectivity index (χ4n) is 2.04. The number of hydrogen-bond donors (Lipinski definition) is 3. The molecule has 0 saturated heterocycles. The molecule has 2 aromatic carbocycles. The molecule has 0 atom stereocenters. The van der Waals surface area contributed by atoms with E-state index in [1.807, 2.05) is 36.4 Å². The molecular formula is C17H19N3O3. The quantitative estimate of drug-likeness (QED) is 0.762. The van der Waals surface area contributed by atoms with Gasteiger partial charge in [-0.2, -0.15) is 0 Å². The Morgan fingerprint density at radius 3 is 2.17 bits per heavy atom. The number of amides is 3. The van der Waals surface area contributed by atoms with E-state index >= 15 is 0 Å². The number of rotatable bonds is 6. The van der Waals surface area contributed by atoms with Crippen molar-refractivity contribution in [2.45, 2.75) is 13.0 Å². The summed E-state index contributed by atoms with van der Waals surface area (Å²) in [5.74, 6) is 0.702. The van der Waals surface area contributed by atoms with Crippen LogP contribution in [0.2, 0.25) is 0 Å². The van der Waals surface area contributed by atoms with Crippen molar-refractivity contribution in [3.63, 3.8) is 0 Å². The number of ether oxygens (including phenoxy) is 1. The molecule has 0 unspecified atom stereocenters. The molecule has 0 fully saturated rings. The lowest BCUT2D eigenvalue weighted by Crippen LogP contribution is -2.24. The van der Waals surface area contributed by atoms with E-state index in [0.29, 0.717) is 18.7 Å². The van der Waals surface area contributed by atoms with E-state index in [2.05, 4.69) is 10.6 Å². The maximum Gasteiger partial charge on any atom is 0.316 e. The minimum Gasteiger partial charge on any atom is -0.497 e. The number of anilines is 1. The summed E-state index contributed by atoms with van der Waals surface area (Å²) in [6, 6.07) is 13.9. The third-order valence-corrected chi connectivity index (χ3v) is 3.23. The lowest BCUT2D eigenvalue weighted by Gasteiger charge is -2.07. The Balaban J connectivity index is 1.82. The first-order valence-electron chi connectivity index (χ1n) is 7.12. The molecule has 6 nitrogen and oxygen atoms in total. The molecular weight excluding hydrogens is 294 g/mol. The van der Waals surface area contributed by atoms with Crippen molar-refractivity contribution < 1.29 is 14.3 Å². The summed E-state index contributed by atoms with van der Waals surface area (Å²) >= 11 is 0. The monoisotopic (exact) mass is 313 g/mol. The van der Waals surface area contributed by atoms with Crippen molar-refractivity contribution >= 4 is 17.6 Å². The summed E-state index contributed by atoms with van der Waals surface area (Å²) in [5, 5.41) is 5.33. The van der Waals surface area contributed by atoms with Crippen LogP contribution >= 0.6 is 0 Å². The van der Waals surface area contributed by atoms with Crippen LogP contribution in [0.3, 0.4) is 0 Å². The number of primary amides is 1. The van der Waals surface area contributed by atoms with E-state index < -0.39 is 6.03 Å². The summed E-state index contributed by atoms with van der Waals surface area (Å²) in [4.78, 5) is 22.7. The first-order chi connectivity index (χ1) is 11.1. The van der Waals surface area contributed by atoms with Crippen molar-refractivity contribution in [1.82, 2.24) is 5.32 Å². The molecule has 0 heterocycles.